The first kappa shape index (κ1) is 15.7. The molecule has 0 spiro atoms. The molecule has 1 radical (unpaired) electrons. The normalized spacial score (nSPS) is 11.9. The molecule has 0 saturated carbocycles. The Morgan fingerprint density at radius 2 is 0.933 bits per heavy atom. The van der Waals surface area contributed by atoms with Crippen molar-refractivity contribution in [1.82, 2.24) is 0 Å². The third-order valence-corrected chi connectivity index (χ3v) is 3.16. The maximum Gasteiger partial charge on any atom is 0.294 e. The second-order valence-corrected chi connectivity index (χ2v) is 5.26. The summed E-state index contributed by atoms with van der Waals surface area (Å²) in [7, 11) is -8.68. The van der Waals surface area contributed by atoms with Crippen LogP contribution in [0.2, 0.25) is 0 Å². The Kier molecular flexibility index (Phi) is 5.58. The van der Waals surface area contributed by atoms with Crippen LogP contribution in [-0.2, 0) is 20.2 Å². The first-order valence-electron chi connectivity index (χ1n) is 3.26. The van der Waals surface area contributed by atoms with Gasteiger partial charge in [-0.3, -0.25) is 9.11 Å². The van der Waals surface area contributed by atoms with Crippen LogP contribution < -0.4 is 0 Å². The van der Waals surface area contributed by atoms with Gasteiger partial charge in [0.2, 0.25) is 0 Å². The van der Waals surface area contributed by atoms with E-state index in [1.807, 2.05) is 0 Å². The third kappa shape index (κ3) is 4.59. The average Bonchev–Trinajstić information content (AvgIpc) is 2.01. The van der Waals surface area contributed by atoms with E-state index >= 15 is 0 Å². The predicted octanol–water partition coefficient (Wildman–Crippen LogP) is -0.201. The van der Waals surface area contributed by atoms with Gasteiger partial charge < -0.3 is 0 Å². The van der Waals surface area contributed by atoms with Crippen LogP contribution >= 0.6 is 0 Å². The van der Waals surface area contributed by atoms with E-state index in [1.54, 1.807) is 0 Å². The summed E-state index contributed by atoms with van der Waals surface area (Å²) < 4.78 is 59.2. The smallest absolute Gasteiger partial charge is 0.282 e. The second-order valence-electron chi connectivity index (χ2n) is 2.42. The molecular formula is C6H6KO6S2. The quantitative estimate of drug-likeness (QED) is 0.572. The summed E-state index contributed by atoms with van der Waals surface area (Å²) in [6.07, 6.45) is 0. The zero-order valence-corrected chi connectivity index (χ0v) is 12.4. The van der Waals surface area contributed by atoms with Gasteiger partial charge in [0, 0.05) is 51.4 Å². The molecule has 1 aromatic carbocycles. The van der Waals surface area contributed by atoms with Crippen LogP contribution in [0.5, 0.6) is 0 Å². The van der Waals surface area contributed by atoms with Gasteiger partial charge in [-0.1, -0.05) is 0 Å². The molecular weight excluding hydrogens is 271 g/mol. The zero-order valence-electron chi connectivity index (χ0n) is 7.65. The Morgan fingerprint density at radius 3 is 1.07 bits per heavy atom. The van der Waals surface area contributed by atoms with Crippen LogP contribution in [0.15, 0.2) is 34.1 Å². The zero-order chi connectivity index (χ0) is 11.0. The van der Waals surface area contributed by atoms with Crippen molar-refractivity contribution >= 4 is 71.6 Å². The van der Waals surface area contributed by atoms with Crippen molar-refractivity contribution in [2.24, 2.45) is 0 Å². The van der Waals surface area contributed by atoms with E-state index in [0.29, 0.717) is 0 Å². The summed E-state index contributed by atoms with van der Waals surface area (Å²) in [5.74, 6) is 0. The fourth-order valence-electron chi connectivity index (χ4n) is 0.784. The molecule has 1 aromatic rings. The number of hydrogen-bond acceptors (Lipinski definition) is 4. The van der Waals surface area contributed by atoms with Gasteiger partial charge in [-0.05, 0) is 24.3 Å². The van der Waals surface area contributed by atoms with E-state index in [1.165, 1.54) is 0 Å². The van der Waals surface area contributed by atoms with Crippen LogP contribution in [0.1, 0.15) is 0 Å². The summed E-state index contributed by atoms with van der Waals surface area (Å²) >= 11 is 0. The van der Waals surface area contributed by atoms with E-state index in [-0.39, 0.29) is 51.4 Å². The minimum Gasteiger partial charge on any atom is -0.282 e. The molecule has 6 nitrogen and oxygen atoms in total. The van der Waals surface area contributed by atoms with Crippen LogP contribution in [0.3, 0.4) is 0 Å². The van der Waals surface area contributed by atoms with Crippen LogP contribution in [-0.4, -0.2) is 77.3 Å². The molecule has 2 N–H and O–H groups in total. The van der Waals surface area contributed by atoms with Gasteiger partial charge in [-0.2, -0.15) is 16.8 Å². The van der Waals surface area contributed by atoms with Gasteiger partial charge in [0.25, 0.3) is 20.2 Å². The molecule has 0 fully saturated rings. The molecule has 15 heavy (non-hydrogen) atoms. The molecule has 0 unspecified atom stereocenters. The fraction of sp³-hybridized carbons (Fsp3) is 0. The SMILES string of the molecule is O=S(=O)(O)c1ccc(S(=O)(=O)O)cc1.[K]. The summed E-state index contributed by atoms with van der Waals surface area (Å²) in [5, 5.41) is 0. The first-order chi connectivity index (χ1) is 6.21. The monoisotopic (exact) mass is 277 g/mol. The molecule has 0 aliphatic rings. The molecule has 0 atom stereocenters. The van der Waals surface area contributed by atoms with E-state index in [0.717, 1.165) is 24.3 Å². The van der Waals surface area contributed by atoms with Gasteiger partial charge in [0.05, 0.1) is 9.79 Å². The number of rotatable bonds is 2. The van der Waals surface area contributed by atoms with E-state index < -0.39 is 30.0 Å². The topological polar surface area (TPSA) is 109 Å². The Balaban J connectivity index is 0.00000196. The Bertz CT molecular complexity index is 478. The molecule has 0 aliphatic heterocycles. The molecule has 0 bridgehead atoms. The number of hydrogen-bond donors (Lipinski definition) is 2. The molecule has 0 amide bonds. The maximum atomic E-state index is 10.5. The van der Waals surface area contributed by atoms with E-state index in [9.17, 15) is 16.8 Å². The molecule has 1 rings (SSSR count). The van der Waals surface area contributed by atoms with Gasteiger partial charge in [0.1, 0.15) is 0 Å². The molecule has 9 heteroatoms. The van der Waals surface area contributed by atoms with Crippen molar-refractivity contribution in [3.05, 3.63) is 24.3 Å². The number of benzene rings is 1. The predicted molar refractivity (Wildman–Crippen MR) is 51.8 cm³/mol. The maximum absolute atomic E-state index is 10.5. The van der Waals surface area contributed by atoms with Crippen molar-refractivity contribution in [2.75, 3.05) is 0 Å². The van der Waals surface area contributed by atoms with Gasteiger partial charge >= 0.3 is 0 Å². The molecule has 0 aromatic heterocycles. The molecule has 79 valence electrons. The van der Waals surface area contributed by atoms with Crippen molar-refractivity contribution in [3.63, 3.8) is 0 Å². The molecule has 0 heterocycles. The van der Waals surface area contributed by atoms with Crippen molar-refractivity contribution in [3.8, 4) is 0 Å². The Morgan fingerprint density at radius 1 is 0.733 bits per heavy atom. The van der Waals surface area contributed by atoms with Crippen molar-refractivity contribution in [2.45, 2.75) is 9.79 Å². The van der Waals surface area contributed by atoms with Crippen LogP contribution in [0, 0.1) is 0 Å². The summed E-state index contributed by atoms with van der Waals surface area (Å²) in [5.41, 5.74) is 0. The summed E-state index contributed by atoms with van der Waals surface area (Å²) in [4.78, 5) is -0.880. The Labute approximate surface area is 130 Å². The second kappa shape index (κ2) is 5.34. The fourth-order valence-corrected chi connectivity index (χ4v) is 1.74. The molecule has 0 aliphatic carbocycles. The van der Waals surface area contributed by atoms with Crippen molar-refractivity contribution < 1.29 is 25.9 Å². The van der Waals surface area contributed by atoms with Gasteiger partial charge in [-0.25, -0.2) is 0 Å². The summed E-state index contributed by atoms with van der Waals surface area (Å²) in [6.45, 7) is 0. The average molecular weight is 277 g/mol. The largest absolute Gasteiger partial charge is 0.294 e. The van der Waals surface area contributed by atoms with Gasteiger partial charge in [-0.15, -0.1) is 0 Å². The van der Waals surface area contributed by atoms with Gasteiger partial charge in [0.15, 0.2) is 0 Å². The Hall–Kier alpha value is 0.676. The van der Waals surface area contributed by atoms with Crippen LogP contribution in [0.4, 0.5) is 0 Å². The van der Waals surface area contributed by atoms with Crippen molar-refractivity contribution in [1.29, 1.82) is 0 Å². The summed E-state index contributed by atoms with van der Waals surface area (Å²) in [6, 6.07) is 3.49. The van der Waals surface area contributed by atoms with E-state index in [2.05, 4.69) is 0 Å². The first-order valence-corrected chi connectivity index (χ1v) is 6.14. The third-order valence-electron chi connectivity index (χ3n) is 1.42. The molecule has 0 saturated heterocycles. The van der Waals surface area contributed by atoms with E-state index in [4.69, 9.17) is 9.11 Å². The standard InChI is InChI=1S/C6H6O6S2.K/c7-13(8,9)5-1-2-6(4-3-5)14(10,11)12;/h1-4H,(H,7,8,9)(H,10,11,12);. The minimum absolute atomic E-state index is 0. The minimum atomic E-state index is -4.34. The van der Waals surface area contributed by atoms with Crippen LogP contribution in [0.25, 0.3) is 0 Å².